The number of halogens is 6. The minimum absolute atomic E-state index is 0.122. The van der Waals surface area contributed by atoms with Crippen molar-refractivity contribution in [2.75, 3.05) is 0 Å². The summed E-state index contributed by atoms with van der Waals surface area (Å²) in [7, 11) is 0. The topological polar surface area (TPSA) is 45.9 Å². The minimum Gasteiger partial charge on any atom is -0.404 e. The van der Waals surface area contributed by atoms with Gasteiger partial charge in [-0.15, -0.1) is 13.2 Å². The van der Waals surface area contributed by atoms with E-state index in [1.807, 2.05) is 0 Å². The minimum atomic E-state index is -5.14. The summed E-state index contributed by atoms with van der Waals surface area (Å²) in [5, 5.41) is 7.94. The monoisotopic (exact) mass is 286 g/mol. The fraction of sp³-hybridized carbons (Fsp3) is 0.333. The van der Waals surface area contributed by atoms with E-state index in [-0.39, 0.29) is 12.0 Å². The molecule has 1 rings (SSSR count). The molecule has 0 saturated carbocycles. The van der Waals surface area contributed by atoms with Crippen molar-refractivity contribution in [3.05, 3.63) is 22.5 Å². The predicted molar refractivity (Wildman–Crippen MR) is 50.2 cm³/mol. The van der Waals surface area contributed by atoms with Gasteiger partial charge < -0.3 is 4.74 Å². The van der Waals surface area contributed by atoms with Crippen LogP contribution in [0.5, 0.6) is 5.75 Å². The van der Waals surface area contributed by atoms with E-state index in [4.69, 9.17) is 16.9 Å². The first-order valence-electron chi connectivity index (χ1n) is 4.34. The number of hydrogen-bond donors (Lipinski definition) is 0. The molecule has 0 aliphatic rings. The Morgan fingerprint density at radius 1 is 1.44 bits per heavy atom. The van der Waals surface area contributed by atoms with Crippen LogP contribution in [0.15, 0.2) is 6.07 Å². The second kappa shape index (κ2) is 5.35. The Morgan fingerprint density at radius 3 is 2.50 bits per heavy atom. The van der Waals surface area contributed by atoms with Gasteiger partial charge in [-0.2, -0.15) is 5.26 Å². The largest absolute Gasteiger partial charge is 0.573 e. The molecular formula is C9H4ClF5N2O. The molecule has 1 aromatic rings. The summed E-state index contributed by atoms with van der Waals surface area (Å²) < 4.78 is 64.4. The second-order valence-electron chi connectivity index (χ2n) is 3.01. The highest BCUT2D eigenvalue weighted by Gasteiger charge is 2.34. The third-order valence-electron chi connectivity index (χ3n) is 1.74. The fourth-order valence-electron chi connectivity index (χ4n) is 1.10. The van der Waals surface area contributed by atoms with Crippen LogP contribution in [-0.2, 0) is 6.42 Å². The molecule has 0 saturated heterocycles. The molecule has 0 N–H and O–H groups in total. The molecule has 98 valence electrons. The summed E-state index contributed by atoms with van der Waals surface area (Å²) in [6.07, 6.45) is -8.79. The van der Waals surface area contributed by atoms with Crippen LogP contribution in [0, 0.1) is 11.3 Å². The zero-order valence-corrected chi connectivity index (χ0v) is 9.19. The van der Waals surface area contributed by atoms with Gasteiger partial charge in [0.25, 0.3) is 6.43 Å². The Morgan fingerprint density at radius 2 is 2.06 bits per heavy atom. The molecule has 0 unspecified atom stereocenters. The fourth-order valence-corrected chi connectivity index (χ4v) is 1.31. The average Bonchev–Trinajstić information content (AvgIpc) is 2.20. The van der Waals surface area contributed by atoms with E-state index in [1.165, 1.54) is 0 Å². The van der Waals surface area contributed by atoms with Crippen molar-refractivity contribution in [1.82, 2.24) is 4.98 Å². The molecule has 0 atom stereocenters. The quantitative estimate of drug-likeness (QED) is 0.629. The van der Waals surface area contributed by atoms with Crippen LogP contribution in [0.4, 0.5) is 22.0 Å². The van der Waals surface area contributed by atoms with Gasteiger partial charge in [-0.25, -0.2) is 13.8 Å². The number of ether oxygens (including phenoxy) is 1. The van der Waals surface area contributed by atoms with E-state index < -0.39 is 29.4 Å². The molecule has 0 aliphatic carbocycles. The lowest BCUT2D eigenvalue weighted by Crippen LogP contribution is -2.19. The highest BCUT2D eigenvalue weighted by atomic mass is 35.5. The molecule has 0 radical (unpaired) electrons. The molecule has 9 heteroatoms. The van der Waals surface area contributed by atoms with E-state index in [2.05, 4.69) is 9.72 Å². The third kappa shape index (κ3) is 3.70. The zero-order chi connectivity index (χ0) is 13.9. The van der Waals surface area contributed by atoms with Crippen LogP contribution in [-0.4, -0.2) is 11.3 Å². The molecule has 3 nitrogen and oxygen atoms in total. The van der Waals surface area contributed by atoms with E-state index in [0.29, 0.717) is 6.07 Å². The number of nitriles is 1. The molecule has 0 amide bonds. The van der Waals surface area contributed by atoms with Gasteiger partial charge in [0.1, 0.15) is 5.15 Å². The summed E-state index contributed by atoms with van der Waals surface area (Å²) in [5.41, 5.74) is -1.35. The average molecular weight is 287 g/mol. The van der Waals surface area contributed by atoms with Gasteiger partial charge in [0, 0.05) is 5.56 Å². The highest BCUT2D eigenvalue weighted by molar-refractivity contribution is 6.30. The lowest BCUT2D eigenvalue weighted by Gasteiger charge is -2.13. The molecule has 0 aliphatic heterocycles. The standard InChI is InChI=1S/C9H4ClF5N2O/c10-7-4(1-2-16)3-5(18-9(13,14)15)6(17-7)8(11)12/h3,8H,1H2. The Hall–Kier alpha value is -1.62. The van der Waals surface area contributed by atoms with Gasteiger partial charge in [0.2, 0.25) is 0 Å². The Bertz CT molecular complexity index is 483. The predicted octanol–water partition coefficient (Wildman–Crippen LogP) is 3.64. The number of rotatable bonds is 3. The van der Waals surface area contributed by atoms with Crippen LogP contribution >= 0.6 is 11.6 Å². The normalized spacial score (nSPS) is 11.4. The Labute approximate surface area is 103 Å². The number of nitrogens with zero attached hydrogens (tertiary/aromatic N) is 2. The van der Waals surface area contributed by atoms with Gasteiger partial charge in [0.05, 0.1) is 12.5 Å². The molecule has 1 aromatic heterocycles. The molecule has 18 heavy (non-hydrogen) atoms. The van der Waals surface area contributed by atoms with Crippen molar-refractivity contribution in [3.63, 3.8) is 0 Å². The lowest BCUT2D eigenvalue weighted by molar-refractivity contribution is -0.275. The van der Waals surface area contributed by atoms with Crippen LogP contribution in [0.2, 0.25) is 5.15 Å². The van der Waals surface area contributed by atoms with Gasteiger partial charge in [-0.05, 0) is 6.07 Å². The van der Waals surface area contributed by atoms with Crippen molar-refractivity contribution in [3.8, 4) is 11.8 Å². The summed E-state index contributed by atoms with van der Waals surface area (Å²) in [5.74, 6) is -1.16. The van der Waals surface area contributed by atoms with E-state index >= 15 is 0 Å². The van der Waals surface area contributed by atoms with E-state index in [1.54, 1.807) is 6.07 Å². The molecule has 0 bridgehead atoms. The molecule has 0 spiro atoms. The van der Waals surface area contributed by atoms with Crippen molar-refractivity contribution in [2.24, 2.45) is 0 Å². The smallest absolute Gasteiger partial charge is 0.404 e. The van der Waals surface area contributed by atoms with E-state index in [0.717, 1.165) is 0 Å². The highest BCUT2D eigenvalue weighted by Crippen LogP contribution is 2.34. The third-order valence-corrected chi connectivity index (χ3v) is 2.07. The zero-order valence-electron chi connectivity index (χ0n) is 8.43. The van der Waals surface area contributed by atoms with Crippen molar-refractivity contribution >= 4 is 11.6 Å². The summed E-state index contributed by atoms with van der Waals surface area (Å²) in [6, 6.07) is 2.25. The first-order valence-corrected chi connectivity index (χ1v) is 4.72. The first kappa shape index (κ1) is 14.4. The summed E-state index contributed by atoms with van der Waals surface area (Å²) in [6.45, 7) is 0. The van der Waals surface area contributed by atoms with Crippen LogP contribution in [0.3, 0.4) is 0 Å². The SMILES string of the molecule is N#CCc1cc(OC(F)(F)F)c(C(F)F)nc1Cl. The summed E-state index contributed by atoms with van der Waals surface area (Å²) in [4.78, 5) is 3.11. The van der Waals surface area contributed by atoms with Gasteiger partial charge in [-0.1, -0.05) is 11.6 Å². The van der Waals surface area contributed by atoms with Crippen molar-refractivity contribution in [2.45, 2.75) is 19.2 Å². The second-order valence-corrected chi connectivity index (χ2v) is 3.36. The van der Waals surface area contributed by atoms with Crippen LogP contribution in [0.1, 0.15) is 17.7 Å². The van der Waals surface area contributed by atoms with Gasteiger partial charge >= 0.3 is 6.36 Å². The van der Waals surface area contributed by atoms with Gasteiger partial charge in [-0.3, -0.25) is 0 Å². The molecular weight excluding hydrogens is 283 g/mol. The lowest BCUT2D eigenvalue weighted by atomic mass is 10.2. The van der Waals surface area contributed by atoms with E-state index in [9.17, 15) is 22.0 Å². The Kier molecular flexibility index (Phi) is 4.29. The maximum absolute atomic E-state index is 12.5. The molecule has 0 aromatic carbocycles. The number of aromatic nitrogens is 1. The summed E-state index contributed by atoms with van der Waals surface area (Å²) >= 11 is 5.46. The van der Waals surface area contributed by atoms with Crippen LogP contribution in [0.25, 0.3) is 0 Å². The number of alkyl halides is 5. The van der Waals surface area contributed by atoms with Crippen LogP contribution < -0.4 is 4.74 Å². The van der Waals surface area contributed by atoms with Gasteiger partial charge in [0.15, 0.2) is 11.4 Å². The maximum Gasteiger partial charge on any atom is 0.573 e. The number of hydrogen-bond acceptors (Lipinski definition) is 3. The van der Waals surface area contributed by atoms with Crippen molar-refractivity contribution < 1.29 is 26.7 Å². The maximum atomic E-state index is 12.5. The number of pyridine rings is 1. The Balaban J connectivity index is 3.27. The molecule has 1 heterocycles. The van der Waals surface area contributed by atoms with Crippen molar-refractivity contribution in [1.29, 1.82) is 5.26 Å². The molecule has 0 fully saturated rings. The first-order chi connectivity index (χ1) is 8.24.